The molecule has 46 heavy (non-hydrogen) atoms. The summed E-state index contributed by atoms with van der Waals surface area (Å²) in [6.45, 7) is 18.8. The summed E-state index contributed by atoms with van der Waals surface area (Å²) in [6, 6.07) is 25.8. The molecule has 4 aromatic rings. The van der Waals surface area contributed by atoms with Crippen LogP contribution in [0.15, 0.2) is 97.2 Å². The number of aryl methyl sites for hydroxylation is 1. The Bertz CT molecular complexity index is 1930. The van der Waals surface area contributed by atoms with Gasteiger partial charge in [-0.1, -0.05) is 0 Å². The van der Waals surface area contributed by atoms with Crippen molar-refractivity contribution in [2.24, 2.45) is 0 Å². The molecule has 0 saturated carbocycles. The van der Waals surface area contributed by atoms with Gasteiger partial charge in [0.25, 0.3) is 0 Å². The third-order valence-electron chi connectivity index (χ3n) is 10.4. The zero-order chi connectivity index (χ0) is 31.8. The molecule has 2 aliphatic rings. The van der Waals surface area contributed by atoms with E-state index in [9.17, 15) is 0 Å². The van der Waals surface area contributed by atoms with Gasteiger partial charge in [-0.15, -0.1) is 24.8 Å². The standard InChI is InChI=1S/C23H29.2C6H4Br.C5H5.CH2.2ClH.Zr/c1-14-9-16-11-17-10-15(2)21(23(6,7)8)13-19(17)18(16)12-20(14)22(3,4)5;2*7-6-4-2-1-3-5-6;1-2-4-5-3-1;;;;/h9,12-13H,11H2,1-8H3;2*1-2,4-5H;1-3H,4H2;1H2;2*1H;. The predicted molar refractivity (Wildman–Crippen MR) is 212 cm³/mol. The Morgan fingerprint density at radius 2 is 1.26 bits per heavy atom. The van der Waals surface area contributed by atoms with Gasteiger partial charge < -0.3 is 0 Å². The normalized spacial score (nSPS) is 14.3. The fraction of sp³-hybridized carbons (Fsp3) is 0.293. The van der Waals surface area contributed by atoms with Gasteiger partial charge in [-0.25, -0.2) is 0 Å². The maximum absolute atomic E-state index is 5.73. The van der Waals surface area contributed by atoms with E-state index in [-0.39, 0.29) is 35.6 Å². The van der Waals surface area contributed by atoms with Gasteiger partial charge in [-0.05, 0) is 0 Å². The van der Waals surface area contributed by atoms with Crippen LogP contribution in [0.25, 0.3) is 11.1 Å². The van der Waals surface area contributed by atoms with Crippen molar-refractivity contribution in [3.05, 3.63) is 131 Å². The summed E-state index contributed by atoms with van der Waals surface area (Å²) in [6.07, 6.45) is 8.89. The Labute approximate surface area is 306 Å². The molecule has 0 aromatic heterocycles. The minimum atomic E-state index is -4.89. The van der Waals surface area contributed by atoms with Crippen molar-refractivity contribution in [1.29, 1.82) is 0 Å². The number of hydrogen-bond acceptors (Lipinski definition) is 0. The van der Waals surface area contributed by atoms with Gasteiger partial charge in [-0.3, -0.25) is 0 Å². The molecular weight excluding hydrogens is 814 g/mol. The number of hydrogen-bond donors (Lipinski definition) is 0. The number of halogens is 4. The molecule has 5 heteroatoms. The van der Waals surface area contributed by atoms with Crippen molar-refractivity contribution in [1.82, 2.24) is 0 Å². The molecule has 0 bridgehead atoms. The quantitative estimate of drug-likeness (QED) is 0.169. The fourth-order valence-electron chi connectivity index (χ4n) is 8.45. The van der Waals surface area contributed by atoms with E-state index in [0.29, 0.717) is 0 Å². The summed E-state index contributed by atoms with van der Waals surface area (Å²) in [4.78, 5) is 0. The van der Waals surface area contributed by atoms with E-state index in [0.717, 1.165) is 21.8 Å². The van der Waals surface area contributed by atoms with Gasteiger partial charge in [0.1, 0.15) is 0 Å². The van der Waals surface area contributed by atoms with Crippen LogP contribution in [0.4, 0.5) is 0 Å². The molecular formula is C41H46Br2Cl2Zr. The molecule has 0 fully saturated rings. The van der Waals surface area contributed by atoms with E-state index in [2.05, 4.69) is 172 Å². The Kier molecular flexibility index (Phi) is 10.5. The number of benzene rings is 4. The number of fused-ring (bicyclic) bond motifs is 3. The molecule has 0 spiro atoms. The molecule has 4 aromatic carbocycles. The fourth-order valence-corrected chi connectivity index (χ4v) is 26.8. The van der Waals surface area contributed by atoms with Crippen LogP contribution in [-0.2, 0) is 35.5 Å². The van der Waals surface area contributed by atoms with Crippen molar-refractivity contribution in [2.45, 2.75) is 79.1 Å². The summed E-state index contributed by atoms with van der Waals surface area (Å²) in [7, 11) is 0. The van der Waals surface area contributed by atoms with Crippen LogP contribution in [0.1, 0.15) is 81.3 Å². The summed E-state index contributed by atoms with van der Waals surface area (Å²) >= 11 is 2.89. The SMILES string of the molecule is Cl.Cl.[CH2]=[Zr]([C]1=CC=CC1)([c]1cccc(Br)c1)([c]1cccc(Br)c1)[c]1c(C)c(C(C)(C)C)cc2c1Cc1cc(C)c(C(C)(C)C)cc1-2. The molecule has 242 valence electrons. The van der Waals surface area contributed by atoms with E-state index >= 15 is 0 Å². The van der Waals surface area contributed by atoms with Crippen LogP contribution in [-0.4, -0.2) is 4.21 Å². The zero-order valence-electron chi connectivity index (χ0n) is 28.3. The van der Waals surface area contributed by atoms with Crippen LogP contribution >= 0.6 is 56.7 Å². The van der Waals surface area contributed by atoms with Crippen LogP contribution in [0, 0.1) is 13.8 Å². The second kappa shape index (κ2) is 12.8. The first-order valence-electron chi connectivity index (χ1n) is 15.8. The molecule has 0 atom stereocenters. The first-order valence-corrected chi connectivity index (χ1v) is 24.0. The van der Waals surface area contributed by atoms with E-state index in [1.807, 2.05) is 0 Å². The third-order valence-corrected chi connectivity index (χ3v) is 27.9. The second-order valence-corrected chi connectivity index (χ2v) is 29.9. The van der Waals surface area contributed by atoms with Gasteiger partial charge in [0.2, 0.25) is 0 Å². The van der Waals surface area contributed by atoms with Gasteiger partial charge >= 0.3 is 285 Å². The predicted octanol–water partition coefficient (Wildman–Crippen LogP) is 11.1. The van der Waals surface area contributed by atoms with Gasteiger partial charge in [0.15, 0.2) is 0 Å². The molecule has 0 amide bonds. The molecule has 6 rings (SSSR count). The molecule has 0 radical (unpaired) electrons. The van der Waals surface area contributed by atoms with Crippen molar-refractivity contribution >= 4 is 70.7 Å². The summed E-state index contributed by atoms with van der Waals surface area (Å²) < 4.78 is 13.7. The van der Waals surface area contributed by atoms with Crippen LogP contribution in [0.2, 0.25) is 0 Å². The molecule has 0 aliphatic heterocycles. The maximum atomic E-state index is 5.73. The van der Waals surface area contributed by atoms with Crippen molar-refractivity contribution < 1.29 is 18.3 Å². The molecule has 0 saturated heterocycles. The topological polar surface area (TPSA) is 0 Å². The minimum absolute atomic E-state index is 0. The second-order valence-electron chi connectivity index (χ2n) is 15.3. The average molecular weight is 861 g/mol. The summed E-state index contributed by atoms with van der Waals surface area (Å²) in [5.41, 5.74) is 11.5. The Morgan fingerprint density at radius 1 is 0.717 bits per heavy atom. The van der Waals surface area contributed by atoms with Gasteiger partial charge in [0.05, 0.1) is 0 Å². The van der Waals surface area contributed by atoms with Crippen LogP contribution < -0.4 is 9.81 Å². The molecule has 0 unspecified atom stereocenters. The monoisotopic (exact) mass is 856 g/mol. The van der Waals surface area contributed by atoms with Crippen molar-refractivity contribution in [3.63, 3.8) is 0 Å². The molecule has 0 N–H and O–H groups in total. The molecule has 0 heterocycles. The molecule has 2 aliphatic carbocycles. The first-order chi connectivity index (χ1) is 20.5. The van der Waals surface area contributed by atoms with E-state index < -0.39 is 18.3 Å². The summed E-state index contributed by atoms with van der Waals surface area (Å²) in [5, 5.41) is 0. The van der Waals surface area contributed by atoms with E-state index in [1.165, 1.54) is 57.6 Å². The van der Waals surface area contributed by atoms with Gasteiger partial charge in [0, 0.05) is 0 Å². The Morgan fingerprint density at radius 3 is 1.74 bits per heavy atom. The first kappa shape index (κ1) is 37.5. The van der Waals surface area contributed by atoms with Crippen LogP contribution in [0.3, 0.4) is 0 Å². The Hall–Kier alpha value is -1.35. The zero-order valence-corrected chi connectivity index (χ0v) is 35.5. The van der Waals surface area contributed by atoms with Crippen LogP contribution in [0.5, 0.6) is 0 Å². The van der Waals surface area contributed by atoms with E-state index in [1.54, 1.807) is 0 Å². The Balaban J connectivity index is 0.00000240. The number of rotatable bonds is 4. The third kappa shape index (κ3) is 5.73. The summed E-state index contributed by atoms with van der Waals surface area (Å²) in [5.74, 6) is 0. The number of allylic oxidation sites excluding steroid dienone is 4. The van der Waals surface area contributed by atoms with E-state index in [4.69, 9.17) is 4.21 Å². The molecule has 0 nitrogen and oxygen atoms in total. The van der Waals surface area contributed by atoms with Gasteiger partial charge in [-0.2, -0.15) is 0 Å². The van der Waals surface area contributed by atoms with Crippen molar-refractivity contribution in [2.75, 3.05) is 0 Å². The van der Waals surface area contributed by atoms with Crippen molar-refractivity contribution in [3.8, 4) is 11.1 Å². The average Bonchev–Trinajstić information content (AvgIpc) is 3.59.